The number of hydrogen-bond acceptors (Lipinski definition) is 3. The molecule has 150 valence electrons. The summed E-state index contributed by atoms with van der Waals surface area (Å²) in [5.41, 5.74) is 3.91. The van der Waals surface area contributed by atoms with E-state index in [1.807, 2.05) is 12.1 Å². The fourth-order valence-corrected chi connectivity index (χ4v) is 3.52. The van der Waals surface area contributed by atoms with E-state index in [4.69, 9.17) is 4.74 Å². The molecule has 0 aliphatic carbocycles. The van der Waals surface area contributed by atoms with Crippen LogP contribution in [-0.4, -0.2) is 44.7 Å². The maximum absolute atomic E-state index is 5.28. The zero-order valence-electron chi connectivity index (χ0n) is 17.1. The van der Waals surface area contributed by atoms with E-state index in [2.05, 4.69) is 56.9 Å². The van der Waals surface area contributed by atoms with Gasteiger partial charge >= 0.3 is 0 Å². The molecule has 1 aliphatic heterocycles. The van der Waals surface area contributed by atoms with E-state index >= 15 is 0 Å². The van der Waals surface area contributed by atoms with Crippen LogP contribution in [0.2, 0.25) is 0 Å². The summed E-state index contributed by atoms with van der Waals surface area (Å²) in [5, 5.41) is 6.77. The highest BCUT2D eigenvalue weighted by molar-refractivity contribution is 5.79. The predicted molar refractivity (Wildman–Crippen MR) is 116 cm³/mol. The van der Waals surface area contributed by atoms with Crippen LogP contribution >= 0.6 is 0 Å². The monoisotopic (exact) mass is 380 g/mol. The Bertz CT molecular complexity index is 751. The van der Waals surface area contributed by atoms with Crippen molar-refractivity contribution in [3.05, 3.63) is 65.2 Å². The highest BCUT2D eigenvalue weighted by Crippen LogP contribution is 2.14. The van der Waals surface area contributed by atoms with Gasteiger partial charge in [0.05, 0.1) is 7.11 Å². The van der Waals surface area contributed by atoms with E-state index in [-0.39, 0.29) is 0 Å². The number of ether oxygens (including phenoxy) is 1. The van der Waals surface area contributed by atoms with Crippen LogP contribution < -0.4 is 15.4 Å². The van der Waals surface area contributed by atoms with Crippen molar-refractivity contribution in [2.75, 3.05) is 33.8 Å². The Morgan fingerprint density at radius 3 is 2.46 bits per heavy atom. The third-order valence-electron chi connectivity index (χ3n) is 5.15. The molecular formula is C23H32N4O. The van der Waals surface area contributed by atoms with Crippen molar-refractivity contribution in [1.82, 2.24) is 15.5 Å². The highest BCUT2D eigenvalue weighted by atomic mass is 16.5. The number of rotatable bonds is 8. The van der Waals surface area contributed by atoms with Crippen LogP contribution in [0.25, 0.3) is 0 Å². The minimum atomic E-state index is 0.767. The van der Waals surface area contributed by atoms with Crippen molar-refractivity contribution in [2.45, 2.75) is 32.4 Å². The molecular weight excluding hydrogens is 348 g/mol. The molecule has 1 saturated heterocycles. The predicted octanol–water partition coefficient (Wildman–Crippen LogP) is 3.20. The lowest BCUT2D eigenvalue weighted by molar-refractivity contribution is 0.331. The Morgan fingerprint density at radius 2 is 1.75 bits per heavy atom. The summed E-state index contributed by atoms with van der Waals surface area (Å²) in [6.07, 6.45) is 3.60. The van der Waals surface area contributed by atoms with Crippen molar-refractivity contribution in [2.24, 2.45) is 4.99 Å². The number of nitrogens with one attached hydrogen (secondary N) is 2. The molecule has 0 radical (unpaired) electrons. The summed E-state index contributed by atoms with van der Waals surface area (Å²) in [6, 6.07) is 17.1. The minimum Gasteiger partial charge on any atom is -0.497 e. The van der Waals surface area contributed by atoms with E-state index in [9.17, 15) is 0 Å². The second-order valence-electron chi connectivity index (χ2n) is 7.25. The van der Waals surface area contributed by atoms with Gasteiger partial charge in [-0.3, -0.25) is 9.89 Å². The van der Waals surface area contributed by atoms with Gasteiger partial charge in [-0.05, 0) is 61.2 Å². The van der Waals surface area contributed by atoms with Crippen LogP contribution in [0, 0.1) is 0 Å². The molecule has 0 aromatic heterocycles. The van der Waals surface area contributed by atoms with Crippen LogP contribution in [0.15, 0.2) is 53.5 Å². The number of likely N-dealkylation sites (tertiary alicyclic amines) is 1. The Hall–Kier alpha value is -2.53. The molecule has 0 amide bonds. The molecule has 0 bridgehead atoms. The molecule has 5 heteroatoms. The van der Waals surface area contributed by atoms with Crippen LogP contribution in [0.5, 0.6) is 5.75 Å². The van der Waals surface area contributed by atoms with Crippen molar-refractivity contribution >= 4 is 5.96 Å². The lowest BCUT2D eigenvalue weighted by Gasteiger charge is -2.15. The lowest BCUT2D eigenvalue weighted by atomic mass is 10.1. The molecule has 0 saturated carbocycles. The summed E-state index contributed by atoms with van der Waals surface area (Å²) in [5.74, 6) is 1.72. The Kier molecular flexibility index (Phi) is 7.73. The fourth-order valence-electron chi connectivity index (χ4n) is 3.52. The van der Waals surface area contributed by atoms with E-state index in [0.717, 1.165) is 37.8 Å². The Labute approximate surface area is 168 Å². The summed E-state index contributed by atoms with van der Waals surface area (Å²) in [7, 11) is 3.50. The van der Waals surface area contributed by atoms with Crippen LogP contribution in [0.4, 0.5) is 0 Å². The molecule has 2 N–H and O–H groups in total. The Morgan fingerprint density at radius 1 is 1.00 bits per heavy atom. The number of guanidine groups is 1. The lowest BCUT2D eigenvalue weighted by Crippen LogP contribution is -2.37. The second kappa shape index (κ2) is 10.7. The van der Waals surface area contributed by atoms with Gasteiger partial charge in [-0.1, -0.05) is 36.4 Å². The average molecular weight is 381 g/mol. The first-order valence-electron chi connectivity index (χ1n) is 10.1. The maximum Gasteiger partial charge on any atom is 0.191 e. The van der Waals surface area contributed by atoms with E-state index in [1.54, 1.807) is 14.2 Å². The summed E-state index contributed by atoms with van der Waals surface area (Å²) in [4.78, 5) is 6.85. The minimum absolute atomic E-state index is 0.767. The van der Waals surface area contributed by atoms with Crippen molar-refractivity contribution in [1.29, 1.82) is 0 Å². The van der Waals surface area contributed by atoms with Crippen molar-refractivity contribution in [3.8, 4) is 5.75 Å². The number of hydrogen-bond donors (Lipinski definition) is 2. The highest BCUT2D eigenvalue weighted by Gasteiger charge is 2.11. The molecule has 0 atom stereocenters. The number of nitrogens with zero attached hydrogens (tertiary/aromatic N) is 2. The number of benzene rings is 2. The summed E-state index contributed by atoms with van der Waals surface area (Å²) in [6.45, 7) is 5.13. The summed E-state index contributed by atoms with van der Waals surface area (Å²) < 4.78 is 5.28. The van der Waals surface area contributed by atoms with E-state index < -0.39 is 0 Å². The van der Waals surface area contributed by atoms with Crippen LogP contribution in [-0.2, 0) is 19.5 Å². The molecule has 2 aromatic rings. The quantitative estimate of drug-likeness (QED) is 0.545. The topological polar surface area (TPSA) is 48.9 Å². The smallest absolute Gasteiger partial charge is 0.191 e. The van der Waals surface area contributed by atoms with Gasteiger partial charge in [0.1, 0.15) is 5.75 Å². The van der Waals surface area contributed by atoms with Gasteiger partial charge in [0, 0.05) is 26.7 Å². The standard InChI is InChI=1S/C23H32N4O/c1-24-23(25-13-12-19-6-5-7-22(16-19)28-2)26-17-20-8-10-21(11-9-20)18-27-14-3-4-15-27/h5-11,16H,3-4,12-15,17-18H2,1-2H3,(H2,24,25,26). The van der Waals surface area contributed by atoms with Crippen LogP contribution in [0.1, 0.15) is 29.5 Å². The SMILES string of the molecule is CN=C(NCCc1cccc(OC)c1)NCc1ccc(CN2CCCC2)cc1. The first kappa shape index (κ1) is 20.2. The number of aliphatic imine (C=N–C) groups is 1. The average Bonchev–Trinajstić information content (AvgIpc) is 3.25. The van der Waals surface area contributed by atoms with Crippen molar-refractivity contribution < 1.29 is 4.74 Å². The van der Waals surface area contributed by atoms with Gasteiger partial charge in [-0.25, -0.2) is 0 Å². The zero-order chi connectivity index (χ0) is 19.6. The molecule has 2 aromatic carbocycles. The van der Waals surface area contributed by atoms with Gasteiger partial charge in [-0.2, -0.15) is 0 Å². The van der Waals surface area contributed by atoms with Gasteiger partial charge < -0.3 is 15.4 Å². The molecule has 28 heavy (non-hydrogen) atoms. The van der Waals surface area contributed by atoms with Crippen molar-refractivity contribution in [3.63, 3.8) is 0 Å². The Balaban J connectivity index is 1.40. The molecule has 1 fully saturated rings. The third-order valence-corrected chi connectivity index (χ3v) is 5.15. The summed E-state index contributed by atoms with van der Waals surface area (Å²) >= 11 is 0. The zero-order valence-corrected chi connectivity index (χ0v) is 17.1. The van der Waals surface area contributed by atoms with Gasteiger partial charge in [0.2, 0.25) is 0 Å². The van der Waals surface area contributed by atoms with Gasteiger partial charge in [0.25, 0.3) is 0 Å². The normalized spacial score (nSPS) is 14.9. The molecule has 0 unspecified atom stereocenters. The maximum atomic E-state index is 5.28. The molecule has 3 rings (SSSR count). The third kappa shape index (κ3) is 6.27. The molecule has 5 nitrogen and oxygen atoms in total. The first-order chi connectivity index (χ1) is 13.8. The molecule has 1 heterocycles. The van der Waals surface area contributed by atoms with Gasteiger partial charge in [0.15, 0.2) is 5.96 Å². The first-order valence-corrected chi connectivity index (χ1v) is 10.1. The molecule has 0 spiro atoms. The largest absolute Gasteiger partial charge is 0.497 e. The van der Waals surface area contributed by atoms with E-state index in [1.165, 1.54) is 42.6 Å². The molecule has 1 aliphatic rings. The van der Waals surface area contributed by atoms with Crippen LogP contribution in [0.3, 0.4) is 0 Å². The number of methoxy groups -OCH3 is 1. The van der Waals surface area contributed by atoms with Gasteiger partial charge in [-0.15, -0.1) is 0 Å². The second-order valence-corrected chi connectivity index (χ2v) is 7.25. The van der Waals surface area contributed by atoms with E-state index in [0.29, 0.717) is 0 Å². The fraction of sp³-hybridized carbons (Fsp3) is 0.435.